The van der Waals surface area contributed by atoms with E-state index >= 15 is 0 Å². The van der Waals surface area contributed by atoms with Crippen LogP contribution < -0.4 is 20.1 Å². The predicted octanol–water partition coefficient (Wildman–Crippen LogP) is 1.13. The average Bonchev–Trinajstić information content (AvgIpc) is 3.53. The number of benzene rings is 1. The highest BCUT2D eigenvalue weighted by atomic mass is 33.1. The topological polar surface area (TPSA) is 185 Å². The smallest absolute Gasteiger partial charge is 0.329 e. The van der Waals surface area contributed by atoms with Crippen molar-refractivity contribution in [2.45, 2.75) is 56.9 Å². The van der Waals surface area contributed by atoms with Crippen LogP contribution in [0.5, 0.6) is 0 Å². The molecule has 1 aromatic rings. The summed E-state index contributed by atoms with van der Waals surface area (Å²) in [4.78, 5) is 75.4. The Morgan fingerprint density at radius 2 is 1.61 bits per heavy atom. The number of ether oxygens (including phenoxy) is 2. The van der Waals surface area contributed by atoms with Crippen molar-refractivity contribution in [3.8, 4) is 0 Å². The van der Waals surface area contributed by atoms with Crippen LogP contribution in [0.25, 0.3) is 0 Å². The Labute approximate surface area is 314 Å². The fourth-order valence-electron chi connectivity index (χ4n) is 4.05. The summed E-state index contributed by atoms with van der Waals surface area (Å²) in [5, 5.41) is 10.9. The van der Waals surface area contributed by atoms with Crippen LogP contribution in [0.4, 0.5) is 0 Å². The Morgan fingerprint density at radius 3 is 2.18 bits per heavy atom. The monoisotopic (exact) mass is 794 g/mol. The van der Waals surface area contributed by atoms with Gasteiger partial charge >= 0.3 is 11.9 Å². The van der Waals surface area contributed by atoms with Crippen molar-refractivity contribution >= 4 is 112 Å². The number of carbonyl (C=O) groups is 6. The van der Waals surface area contributed by atoms with E-state index in [1.807, 2.05) is 30.3 Å². The molecule has 2 amide bonds. The Morgan fingerprint density at radius 1 is 0.959 bits per heavy atom. The molecule has 0 spiro atoms. The van der Waals surface area contributed by atoms with Crippen LogP contribution >= 0.6 is 71.6 Å². The van der Waals surface area contributed by atoms with Gasteiger partial charge in [0, 0.05) is 36.0 Å². The molecule has 49 heavy (non-hydrogen) atoms. The van der Waals surface area contributed by atoms with Crippen LogP contribution in [0, 0.1) is 0 Å². The van der Waals surface area contributed by atoms with Crippen molar-refractivity contribution in [1.82, 2.24) is 25.1 Å². The second kappa shape index (κ2) is 24.2. The first-order valence-corrected chi connectivity index (χ1v) is 20.2. The van der Waals surface area contributed by atoms with Gasteiger partial charge in [0.25, 0.3) is 5.91 Å². The molecule has 0 saturated carbocycles. The number of aldehydes is 1. The molecule has 0 aromatic heterocycles. The second-order valence-corrected chi connectivity index (χ2v) is 14.4. The lowest BCUT2D eigenvalue weighted by atomic mass is 10.1. The molecule has 1 heterocycles. The Hall–Kier alpha value is -2.07. The van der Waals surface area contributed by atoms with Crippen LogP contribution in [0.3, 0.4) is 0 Å². The van der Waals surface area contributed by atoms with Gasteiger partial charge in [0.05, 0.1) is 25.3 Å². The van der Waals surface area contributed by atoms with Crippen LogP contribution in [-0.2, 0) is 44.7 Å². The third-order valence-corrected chi connectivity index (χ3v) is 10.7. The van der Waals surface area contributed by atoms with E-state index in [-0.39, 0.29) is 54.9 Å². The summed E-state index contributed by atoms with van der Waals surface area (Å²) in [5.74, 6) is -1.96. The summed E-state index contributed by atoms with van der Waals surface area (Å²) in [6, 6.07) is 5.26. The van der Waals surface area contributed by atoms with E-state index in [1.54, 1.807) is 13.8 Å². The van der Waals surface area contributed by atoms with Crippen LogP contribution in [-0.4, -0.2) is 119 Å². The summed E-state index contributed by atoms with van der Waals surface area (Å²) in [7, 11) is 2.33. The average molecular weight is 795 g/mol. The van der Waals surface area contributed by atoms with Gasteiger partial charge in [0.15, 0.2) is 0 Å². The first kappa shape index (κ1) is 43.1. The minimum Gasteiger partial charge on any atom is -0.464 e. The van der Waals surface area contributed by atoms with Gasteiger partial charge < -0.3 is 24.9 Å². The molecule has 5 atom stereocenters. The zero-order chi connectivity index (χ0) is 36.2. The molecule has 1 aromatic carbocycles. The Bertz CT molecular complexity index is 1280. The largest absolute Gasteiger partial charge is 0.464 e. The zero-order valence-electron chi connectivity index (χ0n) is 26.9. The first-order chi connectivity index (χ1) is 23.6. The molecule has 2 rings (SSSR count). The lowest BCUT2D eigenvalue weighted by Gasteiger charge is -2.25. The number of nitrogens with zero attached hydrogens (tertiary/aromatic N) is 2. The van der Waals surface area contributed by atoms with E-state index < -0.39 is 59.1 Å². The van der Waals surface area contributed by atoms with Crippen LogP contribution in [0.1, 0.15) is 25.8 Å². The maximum atomic E-state index is 13.7. The van der Waals surface area contributed by atoms with Crippen molar-refractivity contribution in [2.24, 2.45) is 5.10 Å². The third kappa shape index (κ3) is 15.4. The highest BCUT2D eigenvalue weighted by Crippen LogP contribution is 2.21. The van der Waals surface area contributed by atoms with E-state index in [1.165, 1.54) is 15.8 Å². The molecule has 20 heteroatoms. The molecule has 1 aliphatic rings. The van der Waals surface area contributed by atoms with Crippen molar-refractivity contribution < 1.29 is 38.2 Å². The molecule has 0 aliphatic carbocycles. The number of nitrogens with one attached hydrogen (secondary N) is 4. The molecule has 3 unspecified atom stereocenters. The third-order valence-electron chi connectivity index (χ3n) is 6.61. The summed E-state index contributed by atoms with van der Waals surface area (Å²) < 4.78 is 16.1. The number of carbonyl (C=O) groups excluding carboxylic acids is 6. The highest BCUT2D eigenvalue weighted by molar-refractivity contribution is 8.76. The van der Waals surface area contributed by atoms with E-state index in [0.29, 0.717) is 6.42 Å². The normalized spacial score (nSPS) is 16.5. The molecule has 0 bridgehead atoms. The number of esters is 2. The lowest BCUT2D eigenvalue weighted by molar-refractivity contribution is -0.147. The summed E-state index contributed by atoms with van der Waals surface area (Å²) in [6.07, 6.45) is 1.12. The molecule has 14 nitrogen and oxygen atoms in total. The number of thiol groups is 3. The minimum atomic E-state index is -1.09. The maximum absolute atomic E-state index is 13.7. The molecule has 1 aliphatic heterocycles. The van der Waals surface area contributed by atoms with Crippen molar-refractivity contribution in [3.63, 3.8) is 0 Å². The molecule has 0 radical (unpaired) electrons. The number of hydrazone groups is 1. The van der Waals surface area contributed by atoms with Crippen LogP contribution in [0.2, 0.25) is 0 Å². The fourth-order valence-corrected chi connectivity index (χ4v) is 7.93. The van der Waals surface area contributed by atoms with Crippen molar-refractivity contribution in [2.75, 3.05) is 42.8 Å². The number of rotatable bonds is 24. The van der Waals surface area contributed by atoms with Crippen molar-refractivity contribution in [1.29, 1.82) is 0 Å². The van der Waals surface area contributed by atoms with Gasteiger partial charge in [-0.1, -0.05) is 53.1 Å². The summed E-state index contributed by atoms with van der Waals surface area (Å²) in [6.45, 7) is 3.74. The molecular weight excluding hydrogens is 753 g/mol. The molecule has 0 fully saturated rings. The second-order valence-electron chi connectivity index (χ2n) is 10.2. The van der Waals surface area contributed by atoms with Gasteiger partial charge in [0.1, 0.15) is 30.1 Å². The van der Waals surface area contributed by atoms with Gasteiger partial charge in [-0.2, -0.15) is 30.4 Å². The highest BCUT2D eigenvalue weighted by Gasteiger charge is 2.38. The van der Waals surface area contributed by atoms with E-state index in [0.717, 1.165) is 34.8 Å². The zero-order valence-corrected chi connectivity index (χ0v) is 32.1. The van der Waals surface area contributed by atoms with Gasteiger partial charge in [-0.05, 0) is 36.8 Å². The van der Waals surface area contributed by atoms with E-state index in [9.17, 15) is 28.8 Å². The van der Waals surface area contributed by atoms with Gasteiger partial charge in [-0.15, -0.1) is 12.6 Å². The molecule has 4 N–H and O–H groups in total. The summed E-state index contributed by atoms with van der Waals surface area (Å²) >= 11 is 13.1. The first-order valence-electron chi connectivity index (χ1n) is 15.2. The molecular formula is C29H42N6O8S6. The van der Waals surface area contributed by atoms with Gasteiger partial charge in [-0.3, -0.25) is 24.1 Å². The fraction of sp³-hybridized carbons (Fsp3) is 0.552. The van der Waals surface area contributed by atoms with Gasteiger partial charge in [-0.25, -0.2) is 14.3 Å². The van der Waals surface area contributed by atoms with Crippen molar-refractivity contribution in [3.05, 3.63) is 35.9 Å². The van der Waals surface area contributed by atoms with E-state index in [4.69, 9.17) is 9.47 Å². The number of hydrogen-bond acceptors (Lipinski definition) is 17. The number of amides is 2. The maximum Gasteiger partial charge on any atom is 0.329 e. The van der Waals surface area contributed by atoms with E-state index in [2.05, 4.69) is 63.1 Å². The lowest BCUT2D eigenvalue weighted by Crippen LogP contribution is -2.51. The minimum absolute atomic E-state index is 0.0158. The molecule has 272 valence electrons. The predicted molar refractivity (Wildman–Crippen MR) is 204 cm³/mol. The quantitative estimate of drug-likeness (QED) is 0.0198. The number of hydrogen-bond donors (Lipinski definition) is 7. The molecule has 0 saturated heterocycles. The summed E-state index contributed by atoms with van der Waals surface area (Å²) in [5.41, 5.74) is 1.00. The Balaban J connectivity index is 2.21. The van der Waals surface area contributed by atoms with Gasteiger partial charge in [0.2, 0.25) is 11.0 Å². The SMILES string of the molecule is CCOC(=O)C(CSSN[C@H](C=O)CS)NC(=O)C1=NN(CCc2ccccc2)C(C(=O)NC(CSN[C@@H](CS)C(=O)S)C(=O)OCC)C1. The van der Waals surface area contributed by atoms with Crippen LogP contribution in [0.15, 0.2) is 35.4 Å². The standard InChI is InChI=1S/C29H42N6O8S6/c1-3-42-27(39)22(16-47-34-21(15-45)29(41)46)31-26(38)24-12-20(32-35(24)11-10-18-8-6-5-7-9-18)25(37)30-23(28(40)43-4-2)17-48-49-33-19(13-36)14-44/h5-9,13,19,21-24,33-34,44-45H,3-4,10-12,14-17H2,1-2H3,(H,30,37)(H,31,38)(H,41,46)/t19-,21+,22?,23?,24?/m1/s1. The Kier molecular flexibility index (Phi) is 21.3.